The van der Waals surface area contributed by atoms with Crippen molar-refractivity contribution in [2.24, 2.45) is 0 Å². The number of hydrogen-bond acceptors (Lipinski definition) is 6. The van der Waals surface area contributed by atoms with Crippen molar-refractivity contribution < 1.29 is 28.6 Å². The molecule has 0 unspecified atom stereocenters. The third-order valence-electron chi connectivity index (χ3n) is 2.43. The number of ether oxygens (including phenoxy) is 3. The van der Waals surface area contributed by atoms with Crippen molar-refractivity contribution in [2.75, 3.05) is 13.2 Å². The van der Waals surface area contributed by atoms with Crippen LogP contribution in [0.3, 0.4) is 0 Å². The number of fused-ring (bicyclic) bond motifs is 1. The lowest BCUT2D eigenvalue weighted by molar-refractivity contribution is 0.0419. The highest BCUT2D eigenvalue weighted by molar-refractivity contribution is 6.15. The summed E-state index contributed by atoms with van der Waals surface area (Å²) in [6.45, 7) is 3.60. The average Bonchev–Trinajstić information content (AvgIpc) is 2.69. The van der Waals surface area contributed by atoms with Crippen LogP contribution in [-0.2, 0) is 14.2 Å². The van der Waals surface area contributed by atoms with E-state index in [1.54, 1.807) is 0 Å². The summed E-state index contributed by atoms with van der Waals surface area (Å²) < 4.78 is 14.1. The Morgan fingerprint density at radius 1 is 1.21 bits per heavy atom. The summed E-state index contributed by atoms with van der Waals surface area (Å²) in [7, 11) is 0. The van der Waals surface area contributed by atoms with Crippen LogP contribution in [0.1, 0.15) is 31.1 Å². The lowest BCUT2D eigenvalue weighted by atomic mass is 10.1. The van der Waals surface area contributed by atoms with E-state index in [0.29, 0.717) is 0 Å². The number of esters is 3. The molecule has 0 aliphatic carbocycles. The highest BCUT2D eigenvalue weighted by atomic mass is 16.6. The van der Waals surface area contributed by atoms with E-state index in [-0.39, 0.29) is 29.9 Å². The molecule has 0 saturated carbocycles. The minimum Gasteiger partial charge on any atom is -0.498 e. The monoisotopic (exact) mass is 262 g/mol. The first-order chi connectivity index (χ1) is 9.13. The van der Waals surface area contributed by atoms with Crippen LogP contribution >= 0.6 is 0 Å². The molecule has 98 valence electrons. The molecule has 1 aromatic rings. The molecule has 1 heterocycles. The van der Waals surface area contributed by atoms with Gasteiger partial charge in [0.15, 0.2) is 0 Å². The van der Waals surface area contributed by atoms with Crippen LogP contribution in [0.5, 0.6) is 0 Å². The van der Waals surface area contributed by atoms with E-state index < -0.39 is 17.9 Å². The Morgan fingerprint density at radius 3 is 2.68 bits per heavy atom. The molecule has 0 amide bonds. The molecule has 19 heavy (non-hydrogen) atoms. The second-order valence-corrected chi connectivity index (χ2v) is 3.61. The van der Waals surface area contributed by atoms with Gasteiger partial charge in [-0.1, -0.05) is 6.58 Å². The zero-order valence-electron chi connectivity index (χ0n) is 9.88. The van der Waals surface area contributed by atoms with Crippen molar-refractivity contribution >= 4 is 17.9 Å². The molecule has 0 atom stereocenters. The maximum Gasteiger partial charge on any atom is 0.346 e. The largest absolute Gasteiger partial charge is 0.498 e. The van der Waals surface area contributed by atoms with E-state index in [4.69, 9.17) is 9.47 Å². The van der Waals surface area contributed by atoms with Crippen LogP contribution < -0.4 is 0 Å². The SMILES string of the molecule is C=COCCOC(=O)c1ccc2c(c1)C(=O)OC2=O. The zero-order valence-corrected chi connectivity index (χ0v) is 9.88. The van der Waals surface area contributed by atoms with Crippen LogP contribution in [0.15, 0.2) is 31.0 Å². The Morgan fingerprint density at radius 2 is 1.95 bits per heavy atom. The normalized spacial score (nSPS) is 12.6. The van der Waals surface area contributed by atoms with Gasteiger partial charge in [0.2, 0.25) is 0 Å². The van der Waals surface area contributed by atoms with E-state index in [0.717, 1.165) is 0 Å². The maximum atomic E-state index is 11.7. The van der Waals surface area contributed by atoms with Gasteiger partial charge in [-0.3, -0.25) is 0 Å². The first-order valence-electron chi connectivity index (χ1n) is 5.43. The van der Waals surface area contributed by atoms with Crippen molar-refractivity contribution in [1.29, 1.82) is 0 Å². The third kappa shape index (κ3) is 2.62. The maximum absolute atomic E-state index is 11.7. The first kappa shape index (κ1) is 12.8. The number of hydrogen-bond donors (Lipinski definition) is 0. The summed E-state index contributed by atoms with van der Waals surface area (Å²) in [4.78, 5) is 34.2. The molecule has 0 fully saturated rings. The smallest absolute Gasteiger partial charge is 0.346 e. The van der Waals surface area contributed by atoms with Gasteiger partial charge in [0.25, 0.3) is 0 Å². The summed E-state index contributed by atoms with van der Waals surface area (Å²) >= 11 is 0. The number of carbonyl (C=O) groups excluding carboxylic acids is 3. The quantitative estimate of drug-likeness (QED) is 0.344. The van der Waals surface area contributed by atoms with Crippen LogP contribution in [0.25, 0.3) is 0 Å². The molecule has 1 aliphatic rings. The van der Waals surface area contributed by atoms with E-state index in [2.05, 4.69) is 11.3 Å². The Balaban J connectivity index is 2.08. The van der Waals surface area contributed by atoms with Crippen molar-refractivity contribution in [1.82, 2.24) is 0 Å². The molecule has 0 N–H and O–H groups in total. The van der Waals surface area contributed by atoms with Gasteiger partial charge in [-0.25, -0.2) is 14.4 Å². The minimum atomic E-state index is -0.760. The highest BCUT2D eigenvalue weighted by Gasteiger charge is 2.30. The fourth-order valence-corrected chi connectivity index (χ4v) is 1.56. The molecule has 0 aromatic heterocycles. The molecule has 6 heteroatoms. The second kappa shape index (κ2) is 5.34. The third-order valence-corrected chi connectivity index (χ3v) is 2.43. The van der Waals surface area contributed by atoms with E-state index in [9.17, 15) is 14.4 Å². The van der Waals surface area contributed by atoms with Crippen LogP contribution in [-0.4, -0.2) is 31.1 Å². The number of carbonyl (C=O) groups is 3. The lowest BCUT2D eigenvalue weighted by Gasteiger charge is -2.04. The van der Waals surface area contributed by atoms with Crippen molar-refractivity contribution in [3.63, 3.8) is 0 Å². The fourth-order valence-electron chi connectivity index (χ4n) is 1.56. The predicted molar refractivity (Wildman–Crippen MR) is 62.6 cm³/mol. The van der Waals surface area contributed by atoms with Crippen molar-refractivity contribution in [3.05, 3.63) is 47.7 Å². The van der Waals surface area contributed by atoms with Gasteiger partial charge in [-0.15, -0.1) is 0 Å². The molecule has 0 radical (unpaired) electrons. The molecule has 1 aliphatic heterocycles. The van der Waals surface area contributed by atoms with Gasteiger partial charge >= 0.3 is 17.9 Å². The van der Waals surface area contributed by atoms with Crippen molar-refractivity contribution in [3.8, 4) is 0 Å². The Labute approximate surface area is 108 Å². The van der Waals surface area contributed by atoms with Crippen LogP contribution in [0.4, 0.5) is 0 Å². The molecule has 0 spiro atoms. The van der Waals surface area contributed by atoms with E-state index in [1.807, 2.05) is 0 Å². The van der Waals surface area contributed by atoms with Crippen molar-refractivity contribution in [2.45, 2.75) is 0 Å². The van der Waals surface area contributed by atoms with Crippen LogP contribution in [0, 0.1) is 0 Å². The summed E-state index contributed by atoms with van der Waals surface area (Å²) in [5, 5.41) is 0. The van der Waals surface area contributed by atoms with E-state index >= 15 is 0 Å². The molecule has 2 rings (SSSR count). The fraction of sp³-hybridized carbons (Fsp3) is 0.154. The van der Waals surface area contributed by atoms with E-state index in [1.165, 1.54) is 24.5 Å². The topological polar surface area (TPSA) is 78.9 Å². The summed E-state index contributed by atoms with van der Waals surface area (Å²) in [6, 6.07) is 4.04. The summed E-state index contributed by atoms with van der Waals surface area (Å²) in [5.41, 5.74) is 0.391. The van der Waals surface area contributed by atoms with Gasteiger partial charge in [-0.2, -0.15) is 0 Å². The van der Waals surface area contributed by atoms with Crippen LogP contribution in [0.2, 0.25) is 0 Å². The Hall–Kier alpha value is -2.63. The van der Waals surface area contributed by atoms with Gasteiger partial charge < -0.3 is 14.2 Å². The number of cyclic esters (lactones) is 2. The average molecular weight is 262 g/mol. The van der Waals surface area contributed by atoms with Gasteiger partial charge in [0, 0.05) is 0 Å². The van der Waals surface area contributed by atoms with Gasteiger partial charge in [0.1, 0.15) is 13.2 Å². The van der Waals surface area contributed by atoms with Gasteiger partial charge in [0.05, 0.1) is 23.0 Å². The molecule has 0 bridgehead atoms. The second-order valence-electron chi connectivity index (χ2n) is 3.61. The highest BCUT2D eigenvalue weighted by Crippen LogP contribution is 2.21. The Kier molecular flexibility index (Phi) is 3.61. The predicted octanol–water partition coefficient (Wildman–Crippen LogP) is 1.31. The molecular weight excluding hydrogens is 252 g/mol. The minimum absolute atomic E-state index is 0.0608. The lowest BCUT2D eigenvalue weighted by Crippen LogP contribution is -2.10. The molecule has 6 nitrogen and oxygen atoms in total. The Bertz CT molecular complexity index is 560. The summed E-state index contributed by atoms with van der Waals surface area (Å²) in [6.07, 6.45) is 1.24. The number of benzene rings is 1. The molecular formula is C13H10O6. The molecule has 0 saturated heterocycles. The number of rotatable bonds is 5. The standard InChI is InChI=1S/C13H10O6/c1-2-17-5-6-18-11(14)8-3-4-9-10(7-8)13(16)19-12(9)15/h2-4,7H,1,5-6H2. The first-order valence-corrected chi connectivity index (χ1v) is 5.43. The van der Waals surface area contributed by atoms with Gasteiger partial charge in [-0.05, 0) is 18.2 Å². The molecule has 1 aromatic carbocycles. The summed E-state index contributed by atoms with van der Waals surface area (Å²) in [5.74, 6) is -2.08. The zero-order chi connectivity index (χ0) is 13.8.